The van der Waals surface area contributed by atoms with Crippen LogP contribution in [0.3, 0.4) is 0 Å². The van der Waals surface area contributed by atoms with Crippen molar-refractivity contribution in [1.82, 2.24) is 4.98 Å². The molecule has 1 aromatic heterocycles. The summed E-state index contributed by atoms with van der Waals surface area (Å²) < 4.78 is 70.8. The van der Waals surface area contributed by atoms with Gasteiger partial charge in [-0.1, -0.05) is 12.1 Å². The van der Waals surface area contributed by atoms with E-state index in [0.717, 1.165) is 30.6 Å². The summed E-state index contributed by atoms with van der Waals surface area (Å²) in [6.07, 6.45) is -2.40. The minimum atomic E-state index is -4.50. The van der Waals surface area contributed by atoms with Crippen LogP contribution in [0.2, 0.25) is 5.15 Å². The Kier molecular flexibility index (Phi) is 3.55. The molecule has 0 bridgehead atoms. The lowest BCUT2D eigenvalue weighted by Crippen LogP contribution is -2.63. The third kappa shape index (κ3) is 3.01. The zero-order valence-corrected chi connectivity index (χ0v) is 11.9. The number of alkyl halides is 3. The Morgan fingerprint density at radius 2 is 1.78 bits per heavy atom. The standard InChI is InChI=1S/C13H7BClF5N2O/c15-12-6-10-5-11(23-14(19,20)22(10)7-21-12)8-1-3-9(4-2-8)13(16,17)18/h1-7H. The maximum Gasteiger partial charge on any atom is 0.734 e. The second-order valence-electron chi connectivity index (χ2n) is 4.81. The zero-order valence-electron chi connectivity index (χ0n) is 11.2. The van der Waals surface area contributed by atoms with Gasteiger partial charge in [0.15, 0.2) is 0 Å². The molecule has 0 saturated carbocycles. The Hall–Kier alpha value is -2.16. The number of benzene rings is 1. The number of hydrogen-bond acceptors (Lipinski definition) is 2. The normalized spacial score (nSPS) is 16.3. The number of aromatic nitrogens is 2. The molecule has 0 N–H and O–H groups in total. The van der Waals surface area contributed by atoms with E-state index in [-0.39, 0.29) is 22.2 Å². The topological polar surface area (TPSA) is 26.0 Å². The van der Waals surface area contributed by atoms with Crippen LogP contribution < -0.4 is 4.48 Å². The highest BCUT2D eigenvalue weighted by Crippen LogP contribution is 2.32. The molecule has 2 aromatic rings. The van der Waals surface area contributed by atoms with Gasteiger partial charge in [-0.2, -0.15) is 13.2 Å². The largest absolute Gasteiger partial charge is 0.734 e. The molecule has 0 spiro atoms. The van der Waals surface area contributed by atoms with Crippen LogP contribution in [0.15, 0.2) is 36.7 Å². The summed E-state index contributed by atoms with van der Waals surface area (Å²) in [6, 6.07) is 4.95. The molecule has 0 atom stereocenters. The van der Waals surface area contributed by atoms with E-state index < -0.39 is 18.8 Å². The lowest BCUT2D eigenvalue weighted by molar-refractivity contribution is -0.587. The van der Waals surface area contributed by atoms with Crippen molar-refractivity contribution >= 4 is 30.5 Å². The first-order valence-electron chi connectivity index (χ1n) is 6.33. The van der Waals surface area contributed by atoms with Crippen molar-refractivity contribution in [3.63, 3.8) is 0 Å². The van der Waals surface area contributed by atoms with Gasteiger partial charge in [-0.05, 0) is 28.7 Å². The fraction of sp³-hybridized carbons (Fsp3) is 0.0769. The van der Waals surface area contributed by atoms with Crippen molar-refractivity contribution in [2.45, 2.75) is 6.18 Å². The molecular formula is C13H7BClF5N2O. The Morgan fingerprint density at radius 3 is 2.39 bits per heavy atom. The average molecular weight is 348 g/mol. The Morgan fingerprint density at radius 1 is 1.13 bits per heavy atom. The van der Waals surface area contributed by atoms with Crippen molar-refractivity contribution in [2.24, 2.45) is 0 Å². The fourth-order valence-electron chi connectivity index (χ4n) is 2.14. The van der Waals surface area contributed by atoms with Crippen LogP contribution >= 0.6 is 11.6 Å². The molecule has 1 aromatic carbocycles. The molecule has 0 amide bonds. The first-order chi connectivity index (χ1) is 10.7. The Balaban J connectivity index is 2.04. The molecule has 23 heavy (non-hydrogen) atoms. The second-order valence-corrected chi connectivity index (χ2v) is 5.19. The first kappa shape index (κ1) is 15.7. The molecule has 120 valence electrons. The highest BCUT2D eigenvalue weighted by atomic mass is 35.5. The van der Waals surface area contributed by atoms with Gasteiger partial charge < -0.3 is 17.8 Å². The van der Waals surface area contributed by atoms with Gasteiger partial charge >= 0.3 is 13.2 Å². The monoisotopic (exact) mass is 348 g/mol. The molecular weight excluding hydrogens is 341 g/mol. The lowest BCUT2D eigenvalue weighted by Gasteiger charge is -2.30. The lowest BCUT2D eigenvalue weighted by atomic mass is 9.99. The van der Waals surface area contributed by atoms with Gasteiger partial charge in [0.25, 0.3) is 0 Å². The molecule has 3 rings (SSSR count). The maximum atomic E-state index is 14.0. The van der Waals surface area contributed by atoms with Crippen molar-refractivity contribution < 1.29 is 30.9 Å². The number of fused-ring (bicyclic) bond motifs is 1. The van der Waals surface area contributed by atoms with Gasteiger partial charge in [-0.25, -0.2) is 0 Å². The van der Waals surface area contributed by atoms with Crippen LogP contribution in [-0.2, 0) is 10.8 Å². The zero-order chi connectivity index (χ0) is 16.8. The summed E-state index contributed by atoms with van der Waals surface area (Å²) in [5.74, 6) is -0.244. The van der Waals surface area contributed by atoms with Gasteiger partial charge in [-0.3, -0.25) is 0 Å². The van der Waals surface area contributed by atoms with Gasteiger partial charge in [0.1, 0.15) is 0 Å². The number of hydrogen-bond donors (Lipinski definition) is 0. The minimum Gasteiger partial charge on any atom is -0.623 e. The van der Waals surface area contributed by atoms with Gasteiger partial charge in [0.2, 0.25) is 11.5 Å². The summed E-state index contributed by atoms with van der Waals surface area (Å²) in [4.78, 5) is 3.55. The summed E-state index contributed by atoms with van der Waals surface area (Å²) in [6.45, 7) is 0. The van der Waals surface area contributed by atoms with Crippen molar-refractivity contribution in [2.75, 3.05) is 0 Å². The SMILES string of the molecule is F[B-]1(F)OC(c2ccc(C(F)(F)F)cc2)=Cc2cc(Cl)nc[n+]21. The van der Waals surface area contributed by atoms with Crippen molar-refractivity contribution in [3.8, 4) is 0 Å². The molecule has 1 aliphatic heterocycles. The predicted octanol–water partition coefficient (Wildman–Crippen LogP) is 3.79. The molecule has 0 unspecified atom stereocenters. The van der Waals surface area contributed by atoms with E-state index in [1.165, 1.54) is 12.1 Å². The van der Waals surface area contributed by atoms with Gasteiger partial charge in [-0.15, -0.1) is 0 Å². The fourth-order valence-corrected chi connectivity index (χ4v) is 2.29. The van der Waals surface area contributed by atoms with Gasteiger partial charge in [0.05, 0.1) is 17.0 Å². The molecule has 3 nitrogen and oxygen atoms in total. The van der Waals surface area contributed by atoms with Crippen LogP contribution in [0.4, 0.5) is 21.8 Å². The van der Waals surface area contributed by atoms with E-state index in [9.17, 15) is 21.8 Å². The third-order valence-electron chi connectivity index (χ3n) is 3.24. The Bertz CT molecular complexity index is 792. The minimum absolute atomic E-state index is 0.00719. The van der Waals surface area contributed by atoms with E-state index in [1.54, 1.807) is 0 Å². The summed E-state index contributed by atoms with van der Waals surface area (Å²) in [5.41, 5.74) is -0.744. The van der Waals surface area contributed by atoms with E-state index in [2.05, 4.69) is 9.64 Å². The molecule has 0 radical (unpaired) electrons. The Labute approximate surface area is 132 Å². The van der Waals surface area contributed by atoms with Crippen LogP contribution in [0.1, 0.15) is 16.8 Å². The number of nitrogens with zero attached hydrogens (tertiary/aromatic N) is 2. The first-order valence-corrected chi connectivity index (χ1v) is 6.71. The maximum absolute atomic E-state index is 14.0. The summed E-state index contributed by atoms with van der Waals surface area (Å²) >= 11 is 5.68. The van der Waals surface area contributed by atoms with E-state index in [4.69, 9.17) is 11.6 Å². The quantitative estimate of drug-likeness (QED) is 0.445. The molecule has 0 saturated heterocycles. The smallest absolute Gasteiger partial charge is 0.623 e. The summed E-state index contributed by atoms with van der Waals surface area (Å²) in [5, 5.41) is 0.00719. The van der Waals surface area contributed by atoms with E-state index >= 15 is 0 Å². The molecule has 0 fully saturated rings. The highest BCUT2D eigenvalue weighted by Gasteiger charge is 2.44. The van der Waals surface area contributed by atoms with Crippen LogP contribution in [-0.4, -0.2) is 12.0 Å². The second kappa shape index (κ2) is 5.19. The average Bonchev–Trinajstić information content (AvgIpc) is 2.45. The molecule has 10 heteroatoms. The van der Waals surface area contributed by atoms with Gasteiger partial charge in [0, 0.05) is 17.7 Å². The predicted molar refractivity (Wildman–Crippen MR) is 73.2 cm³/mol. The van der Waals surface area contributed by atoms with E-state index in [0.29, 0.717) is 4.48 Å². The molecule has 2 heterocycles. The van der Waals surface area contributed by atoms with Crippen LogP contribution in [0, 0.1) is 0 Å². The van der Waals surface area contributed by atoms with Crippen molar-refractivity contribution in [3.05, 3.63) is 58.6 Å². The van der Waals surface area contributed by atoms with Crippen molar-refractivity contribution in [1.29, 1.82) is 0 Å². The number of halogens is 6. The van der Waals surface area contributed by atoms with Crippen LogP contribution in [0.25, 0.3) is 11.8 Å². The molecule has 1 aliphatic rings. The highest BCUT2D eigenvalue weighted by molar-refractivity contribution is 6.51. The third-order valence-corrected chi connectivity index (χ3v) is 3.45. The summed E-state index contributed by atoms with van der Waals surface area (Å²) in [7, 11) is -4.45. The van der Waals surface area contributed by atoms with E-state index in [1.807, 2.05) is 0 Å². The molecule has 0 aliphatic carbocycles. The number of rotatable bonds is 1. The van der Waals surface area contributed by atoms with Crippen LogP contribution in [0.5, 0.6) is 0 Å².